The zero-order chi connectivity index (χ0) is 32.8. The van der Waals surface area contributed by atoms with Crippen LogP contribution in [-0.4, -0.2) is 43.7 Å². The topological polar surface area (TPSA) is 80.3 Å². The number of carbonyl (C=O) groups excluding carboxylic acids is 2. The van der Waals surface area contributed by atoms with E-state index in [2.05, 4.69) is 6.92 Å². The lowest BCUT2D eigenvalue weighted by molar-refractivity contribution is -0.301. The number of hydrogen-bond donors (Lipinski definition) is 0. The van der Waals surface area contributed by atoms with Gasteiger partial charge in [-0.2, -0.15) is 22.0 Å². The molecule has 0 saturated carbocycles. The van der Waals surface area contributed by atoms with Crippen molar-refractivity contribution in [1.29, 1.82) is 0 Å². The maximum absolute atomic E-state index is 14.6. The monoisotopic (exact) mass is 644 g/mol. The van der Waals surface area contributed by atoms with Crippen molar-refractivity contribution >= 4 is 11.9 Å². The van der Waals surface area contributed by atoms with Gasteiger partial charge in [0.15, 0.2) is 23.9 Å². The first-order valence-corrected chi connectivity index (χ1v) is 15.5. The van der Waals surface area contributed by atoms with E-state index in [1.807, 2.05) is 6.92 Å². The minimum atomic E-state index is -4.82. The largest absolute Gasteiger partial charge is 0.490 e. The molecule has 3 atom stereocenters. The van der Waals surface area contributed by atoms with E-state index in [1.165, 1.54) is 30.3 Å². The van der Waals surface area contributed by atoms with Crippen LogP contribution in [0.4, 0.5) is 22.0 Å². The van der Waals surface area contributed by atoms with E-state index >= 15 is 0 Å². The Hall–Kier alpha value is -3.25. The first kappa shape index (κ1) is 36.2. The smallest absolute Gasteiger partial charge is 0.415 e. The van der Waals surface area contributed by atoms with Gasteiger partial charge in [-0.05, 0) is 62.1 Å². The highest BCUT2D eigenvalue weighted by Crippen LogP contribution is 2.37. The first-order valence-electron chi connectivity index (χ1n) is 15.5. The van der Waals surface area contributed by atoms with E-state index in [1.54, 1.807) is 0 Å². The fourth-order valence-electron chi connectivity index (χ4n) is 4.81. The first-order chi connectivity index (χ1) is 21.5. The summed E-state index contributed by atoms with van der Waals surface area (Å²) in [6.45, 7) is 4.58. The summed E-state index contributed by atoms with van der Waals surface area (Å²) in [6, 6.07) is 6.96. The Labute approximate surface area is 260 Å². The summed E-state index contributed by atoms with van der Waals surface area (Å²) in [7, 11) is 0. The number of benzene rings is 2. The molecule has 3 unspecified atom stereocenters. The summed E-state index contributed by atoms with van der Waals surface area (Å²) in [5.74, 6) is -7.53. The summed E-state index contributed by atoms with van der Waals surface area (Å²) < 4.78 is 96.3. The molecule has 0 amide bonds. The summed E-state index contributed by atoms with van der Waals surface area (Å²) in [4.78, 5) is 25.3. The Bertz CT molecular complexity index is 1220. The Morgan fingerprint density at radius 2 is 1.38 bits per heavy atom. The third-order valence-corrected chi connectivity index (χ3v) is 7.33. The fraction of sp³-hybridized carbons (Fsp3) is 0.576. The standard InChI is InChI=1S/C33H41F5O7/c1-3-5-7-8-9-11-20-41-25-17-18-26(29(35)28(25)34)44-31(39)22-12-14-23(15-13-22)43-32(40)24-16-19-27(42-21-10-6-4-2)45-30(24)33(36,37)38/h12-15,17-18,24,27,30H,3-11,16,19-21H2,1-2H3. The molecule has 2 aromatic carbocycles. The van der Waals surface area contributed by atoms with Gasteiger partial charge in [0.25, 0.3) is 0 Å². The Kier molecular flexibility index (Phi) is 14.5. The SMILES string of the molecule is CCCCCCCCOc1ccc(OC(=O)c2ccc(OC(=O)C3CCC(OCCCCC)OC3C(F)(F)F)cc2)c(F)c1F. The number of unbranched alkanes of at least 4 members (excludes halogenated alkanes) is 7. The molecule has 0 aliphatic carbocycles. The molecular formula is C33H41F5O7. The van der Waals surface area contributed by atoms with Gasteiger partial charge in [-0.3, -0.25) is 4.79 Å². The van der Waals surface area contributed by atoms with Crippen LogP contribution in [0.1, 0.15) is 94.8 Å². The number of halogens is 5. The minimum absolute atomic E-state index is 0.0899. The van der Waals surface area contributed by atoms with E-state index in [-0.39, 0.29) is 43.1 Å². The van der Waals surface area contributed by atoms with Gasteiger partial charge in [0.05, 0.1) is 18.1 Å². The highest BCUT2D eigenvalue weighted by Gasteiger charge is 2.52. The number of ether oxygens (including phenoxy) is 5. The zero-order valence-electron chi connectivity index (χ0n) is 25.6. The molecular weight excluding hydrogens is 603 g/mol. The van der Waals surface area contributed by atoms with Crippen molar-refractivity contribution < 1.29 is 55.2 Å². The lowest BCUT2D eigenvalue weighted by Crippen LogP contribution is -2.49. The minimum Gasteiger partial charge on any atom is -0.490 e. The van der Waals surface area contributed by atoms with E-state index < -0.39 is 53.8 Å². The van der Waals surface area contributed by atoms with E-state index in [4.69, 9.17) is 23.7 Å². The van der Waals surface area contributed by atoms with Gasteiger partial charge < -0.3 is 23.7 Å². The maximum Gasteiger partial charge on any atom is 0.415 e. The summed E-state index contributed by atoms with van der Waals surface area (Å²) >= 11 is 0. The van der Waals surface area contributed by atoms with Crippen LogP contribution < -0.4 is 14.2 Å². The molecule has 12 heteroatoms. The highest BCUT2D eigenvalue weighted by atomic mass is 19.4. The summed E-state index contributed by atoms with van der Waals surface area (Å²) in [5, 5.41) is 0. The van der Waals surface area contributed by atoms with Gasteiger partial charge in [-0.15, -0.1) is 0 Å². The molecule has 1 fully saturated rings. The molecule has 7 nitrogen and oxygen atoms in total. The Morgan fingerprint density at radius 1 is 0.778 bits per heavy atom. The van der Waals surface area contributed by atoms with Crippen molar-refractivity contribution in [2.24, 2.45) is 5.92 Å². The Balaban J connectivity index is 1.53. The second kappa shape index (κ2) is 18.0. The van der Waals surface area contributed by atoms with Gasteiger partial charge in [-0.25, -0.2) is 4.79 Å². The summed E-state index contributed by atoms with van der Waals surface area (Å²) in [6.07, 6.45) is 0.161. The molecule has 1 aliphatic heterocycles. The van der Waals surface area contributed by atoms with Crippen molar-refractivity contribution in [3.63, 3.8) is 0 Å². The predicted molar refractivity (Wildman–Crippen MR) is 155 cm³/mol. The van der Waals surface area contributed by atoms with Gasteiger partial charge in [0.1, 0.15) is 5.75 Å². The molecule has 1 heterocycles. The van der Waals surface area contributed by atoms with Gasteiger partial charge >= 0.3 is 18.1 Å². The lowest BCUT2D eigenvalue weighted by atomic mass is 9.93. The van der Waals surface area contributed by atoms with Crippen LogP contribution in [0.3, 0.4) is 0 Å². The maximum atomic E-state index is 14.6. The second-order valence-corrected chi connectivity index (χ2v) is 10.9. The van der Waals surface area contributed by atoms with Crippen LogP contribution in [0.2, 0.25) is 0 Å². The normalized spacial score (nSPS) is 18.4. The number of carbonyl (C=O) groups is 2. The third-order valence-electron chi connectivity index (χ3n) is 7.33. The fourth-order valence-corrected chi connectivity index (χ4v) is 4.81. The average molecular weight is 645 g/mol. The van der Waals surface area contributed by atoms with Gasteiger partial charge in [-0.1, -0.05) is 58.8 Å². The molecule has 250 valence electrons. The number of rotatable bonds is 17. The molecule has 0 radical (unpaired) electrons. The summed E-state index contributed by atoms with van der Waals surface area (Å²) in [5.41, 5.74) is -0.102. The molecule has 0 N–H and O–H groups in total. The van der Waals surface area contributed by atoms with Crippen LogP contribution in [0.25, 0.3) is 0 Å². The van der Waals surface area contributed by atoms with Crippen molar-refractivity contribution in [3.05, 3.63) is 53.6 Å². The molecule has 0 aromatic heterocycles. The van der Waals surface area contributed by atoms with Gasteiger partial charge in [0.2, 0.25) is 11.6 Å². The molecule has 1 aliphatic rings. The molecule has 45 heavy (non-hydrogen) atoms. The number of hydrogen-bond acceptors (Lipinski definition) is 7. The van der Waals surface area contributed by atoms with E-state index in [9.17, 15) is 31.5 Å². The third kappa shape index (κ3) is 11.2. The van der Waals surface area contributed by atoms with Crippen molar-refractivity contribution in [3.8, 4) is 17.2 Å². The molecule has 3 rings (SSSR count). The molecule has 0 spiro atoms. The molecule has 2 aromatic rings. The van der Waals surface area contributed by atoms with Crippen molar-refractivity contribution in [2.45, 2.75) is 103 Å². The van der Waals surface area contributed by atoms with Crippen LogP contribution >= 0.6 is 0 Å². The predicted octanol–water partition coefficient (Wildman–Crippen LogP) is 8.72. The van der Waals surface area contributed by atoms with E-state index in [0.717, 1.165) is 51.0 Å². The second-order valence-electron chi connectivity index (χ2n) is 10.9. The molecule has 1 saturated heterocycles. The zero-order valence-corrected chi connectivity index (χ0v) is 25.6. The van der Waals surface area contributed by atoms with Crippen LogP contribution in [0.5, 0.6) is 17.2 Å². The van der Waals surface area contributed by atoms with Crippen LogP contribution in [-0.2, 0) is 14.3 Å². The quantitative estimate of drug-likeness (QED) is 0.0738. The van der Waals surface area contributed by atoms with Crippen LogP contribution in [0, 0.1) is 17.6 Å². The highest BCUT2D eigenvalue weighted by molar-refractivity contribution is 5.91. The average Bonchev–Trinajstić information content (AvgIpc) is 3.02. The lowest BCUT2D eigenvalue weighted by Gasteiger charge is -2.35. The number of alkyl halides is 3. The van der Waals surface area contributed by atoms with Gasteiger partial charge in [0, 0.05) is 6.61 Å². The molecule has 0 bridgehead atoms. The van der Waals surface area contributed by atoms with Crippen molar-refractivity contribution in [1.82, 2.24) is 0 Å². The number of esters is 2. The van der Waals surface area contributed by atoms with Crippen LogP contribution in [0.15, 0.2) is 36.4 Å². The van der Waals surface area contributed by atoms with Crippen molar-refractivity contribution in [2.75, 3.05) is 13.2 Å². The Morgan fingerprint density at radius 3 is 2.07 bits per heavy atom. The van der Waals surface area contributed by atoms with E-state index in [0.29, 0.717) is 12.8 Å².